The molecule has 1 aliphatic rings. The van der Waals surface area contributed by atoms with E-state index in [9.17, 15) is 4.79 Å². The van der Waals surface area contributed by atoms with Crippen molar-refractivity contribution in [3.8, 4) is 0 Å². The van der Waals surface area contributed by atoms with Crippen LogP contribution in [0.4, 0.5) is 4.79 Å². The van der Waals surface area contributed by atoms with Crippen molar-refractivity contribution in [3.05, 3.63) is 11.7 Å². The number of nitrogens with one attached hydrogen (secondary N) is 1. The van der Waals surface area contributed by atoms with Gasteiger partial charge in [0.05, 0.1) is 0 Å². The number of nitrogens with zero attached hydrogens (tertiary/aromatic N) is 2. The summed E-state index contributed by atoms with van der Waals surface area (Å²) < 4.78 is 10.7. The Bertz CT molecular complexity index is 530. The summed E-state index contributed by atoms with van der Waals surface area (Å²) in [7, 11) is 0. The highest BCUT2D eigenvalue weighted by molar-refractivity contribution is 5.67. The lowest BCUT2D eigenvalue weighted by atomic mass is 9.87. The molecule has 0 unspecified atom stereocenters. The topological polar surface area (TPSA) is 77.2 Å². The van der Waals surface area contributed by atoms with Crippen LogP contribution in [0.25, 0.3) is 0 Å². The molecule has 1 aromatic heterocycles. The lowest BCUT2D eigenvalue weighted by molar-refractivity contribution is 0.0526. The minimum atomic E-state index is -0.462. The Morgan fingerprint density at radius 2 is 2.04 bits per heavy atom. The van der Waals surface area contributed by atoms with Crippen molar-refractivity contribution in [2.45, 2.75) is 90.6 Å². The van der Waals surface area contributed by atoms with E-state index in [0.717, 1.165) is 25.1 Å². The number of alkyl carbamates (subject to hydrolysis) is 1. The van der Waals surface area contributed by atoms with E-state index in [2.05, 4.69) is 22.4 Å². The number of hydrogen-bond donors (Lipinski definition) is 1. The van der Waals surface area contributed by atoms with Gasteiger partial charge in [0.15, 0.2) is 5.82 Å². The summed E-state index contributed by atoms with van der Waals surface area (Å²) in [4.78, 5) is 16.2. The van der Waals surface area contributed by atoms with Crippen LogP contribution < -0.4 is 5.32 Å². The van der Waals surface area contributed by atoms with E-state index in [0.29, 0.717) is 18.4 Å². The van der Waals surface area contributed by atoms with Gasteiger partial charge < -0.3 is 14.6 Å². The van der Waals surface area contributed by atoms with Gasteiger partial charge in [0.25, 0.3) is 0 Å². The zero-order valence-corrected chi connectivity index (χ0v) is 16.1. The summed E-state index contributed by atoms with van der Waals surface area (Å²) in [6.45, 7) is 8.24. The van der Waals surface area contributed by atoms with Gasteiger partial charge in [-0.05, 0) is 39.5 Å². The molecule has 6 nitrogen and oxygen atoms in total. The molecule has 1 N–H and O–H groups in total. The van der Waals surface area contributed by atoms with Crippen LogP contribution >= 0.6 is 0 Å². The van der Waals surface area contributed by atoms with Crippen LogP contribution in [0.1, 0.15) is 90.3 Å². The second-order valence-electron chi connectivity index (χ2n) is 8.23. The highest BCUT2D eigenvalue weighted by atomic mass is 16.6. The third-order valence-corrected chi connectivity index (χ3v) is 4.58. The van der Waals surface area contributed by atoms with Crippen molar-refractivity contribution in [1.29, 1.82) is 0 Å². The molecule has 1 fully saturated rings. The van der Waals surface area contributed by atoms with Gasteiger partial charge in [-0.25, -0.2) is 4.79 Å². The number of ether oxygens (including phenoxy) is 1. The van der Waals surface area contributed by atoms with Crippen LogP contribution in [0.2, 0.25) is 0 Å². The predicted octanol–water partition coefficient (Wildman–Crippen LogP) is 4.60. The molecule has 2 rings (SSSR count). The summed E-state index contributed by atoms with van der Waals surface area (Å²) in [6.07, 6.45) is 8.91. The van der Waals surface area contributed by atoms with E-state index >= 15 is 0 Å². The Kier molecular flexibility index (Phi) is 7.26. The van der Waals surface area contributed by atoms with E-state index in [1.54, 1.807) is 0 Å². The smallest absolute Gasteiger partial charge is 0.407 e. The molecule has 1 heterocycles. The van der Waals surface area contributed by atoms with Crippen molar-refractivity contribution in [2.24, 2.45) is 5.92 Å². The van der Waals surface area contributed by atoms with Crippen molar-refractivity contribution in [2.75, 3.05) is 6.54 Å². The van der Waals surface area contributed by atoms with E-state index in [1.165, 1.54) is 32.1 Å². The second kappa shape index (κ2) is 9.20. The zero-order valence-electron chi connectivity index (χ0n) is 16.1. The molecule has 1 aliphatic carbocycles. The highest BCUT2D eigenvalue weighted by Gasteiger charge is 2.19. The van der Waals surface area contributed by atoms with Crippen LogP contribution in [0.5, 0.6) is 0 Å². The predicted molar refractivity (Wildman–Crippen MR) is 96.5 cm³/mol. The number of carbonyl (C=O) groups is 1. The van der Waals surface area contributed by atoms with Gasteiger partial charge in [-0.1, -0.05) is 44.2 Å². The lowest BCUT2D eigenvalue weighted by Crippen LogP contribution is -2.33. The Balaban J connectivity index is 1.67. The molecule has 0 radical (unpaired) electrons. The normalized spacial score (nSPS) is 17.3. The maximum atomic E-state index is 11.6. The Hall–Kier alpha value is -1.59. The van der Waals surface area contributed by atoms with Gasteiger partial charge in [-0.3, -0.25) is 0 Å². The number of aromatic nitrogens is 2. The summed E-state index contributed by atoms with van der Waals surface area (Å²) in [5, 5.41) is 6.93. The maximum Gasteiger partial charge on any atom is 0.407 e. The molecule has 1 aromatic rings. The maximum absolute atomic E-state index is 11.6. The van der Waals surface area contributed by atoms with Crippen LogP contribution in [0.3, 0.4) is 0 Å². The van der Waals surface area contributed by atoms with Crippen molar-refractivity contribution in [1.82, 2.24) is 15.5 Å². The monoisotopic (exact) mass is 351 g/mol. The van der Waals surface area contributed by atoms with Gasteiger partial charge in [0.1, 0.15) is 5.60 Å². The minimum Gasteiger partial charge on any atom is -0.444 e. The molecular weight excluding hydrogens is 318 g/mol. The van der Waals surface area contributed by atoms with Gasteiger partial charge in [0, 0.05) is 18.9 Å². The molecule has 1 amide bonds. The first-order valence-electron chi connectivity index (χ1n) is 9.63. The highest BCUT2D eigenvalue weighted by Crippen LogP contribution is 2.27. The van der Waals surface area contributed by atoms with Gasteiger partial charge in [0.2, 0.25) is 5.89 Å². The standard InChI is InChI=1S/C19H33N3O3/c1-14(9-8-12-20-18(23)24-19(2,3)4)17-21-16(22-25-17)13-15-10-6-5-7-11-15/h14-15H,5-13H2,1-4H3,(H,20,23)/t14-/m0/s1. The van der Waals surface area contributed by atoms with Crippen LogP contribution in [0.15, 0.2) is 4.52 Å². The summed E-state index contributed by atoms with van der Waals surface area (Å²) in [5.74, 6) is 2.48. The fourth-order valence-corrected chi connectivity index (χ4v) is 3.24. The zero-order chi connectivity index (χ0) is 18.3. The fraction of sp³-hybridized carbons (Fsp3) is 0.842. The van der Waals surface area contributed by atoms with E-state index < -0.39 is 5.60 Å². The Morgan fingerprint density at radius 3 is 2.72 bits per heavy atom. The van der Waals surface area contributed by atoms with Gasteiger partial charge >= 0.3 is 6.09 Å². The molecule has 1 saturated carbocycles. The van der Waals surface area contributed by atoms with Gasteiger partial charge in [-0.15, -0.1) is 0 Å². The first kappa shape index (κ1) is 19.7. The van der Waals surface area contributed by atoms with Crippen molar-refractivity contribution < 1.29 is 14.1 Å². The summed E-state index contributed by atoms with van der Waals surface area (Å²) in [6, 6.07) is 0. The molecule has 6 heteroatoms. The van der Waals surface area contributed by atoms with Crippen LogP contribution in [0, 0.1) is 5.92 Å². The second-order valence-corrected chi connectivity index (χ2v) is 8.23. The number of amides is 1. The van der Waals surface area contributed by atoms with Crippen LogP contribution in [-0.2, 0) is 11.2 Å². The average Bonchev–Trinajstić information content (AvgIpc) is 2.99. The third kappa shape index (κ3) is 7.45. The van der Waals surface area contributed by atoms with Crippen molar-refractivity contribution in [3.63, 3.8) is 0 Å². The molecule has 142 valence electrons. The average molecular weight is 351 g/mol. The molecule has 0 spiro atoms. The Morgan fingerprint density at radius 1 is 1.32 bits per heavy atom. The minimum absolute atomic E-state index is 0.202. The largest absolute Gasteiger partial charge is 0.444 e. The molecule has 1 atom stereocenters. The van der Waals surface area contributed by atoms with E-state index in [4.69, 9.17) is 9.26 Å². The first-order chi connectivity index (χ1) is 11.8. The van der Waals surface area contributed by atoms with E-state index in [1.807, 2.05) is 20.8 Å². The van der Waals surface area contributed by atoms with Gasteiger partial charge in [-0.2, -0.15) is 4.98 Å². The molecule has 0 aromatic carbocycles. The summed E-state index contributed by atoms with van der Waals surface area (Å²) in [5.41, 5.74) is -0.462. The molecule has 0 saturated heterocycles. The summed E-state index contributed by atoms with van der Waals surface area (Å²) >= 11 is 0. The van der Waals surface area contributed by atoms with Crippen molar-refractivity contribution >= 4 is 6.09 Å². The molecule has 0 bridgehead atoms. The van der Waals surface area contributed by atoms with E-state index in [-0.39, 0.29) is 12.0 Å². The number of hydrogen-bond acceptors (Lipinski definition) is 5. The van der Waals surface area contributed by atoms with Crippen LogP contribution in [-0.4, -0.2) is 28.4 Å². The SMILES string of the molecule is C[C@@H](CCCNC(=O)OC(C)(C)C)c1nc(CC2CCCCC2)no1. The fourth-order valence-electron chi connectivity index (χ4n) is 3.24. The first-order valence-corrected chi connectivity index (χ1v) is 9.63. The quantitative estimate of drug-likeness (QED) is 0.726. The number of rotatable bonds is 7. The Labute approximate surface area is 151 Å². The number of carbonyl (C=O) groups excluding carboxylic acids is 1. The lowest BCUT2D eigenvalue weighted by Gasteiger charge is -2.19. The third-order valence-electron chi connectivity index (χ3n) is 4.58. The molecular formula is C19H33N3O3. The molecule has 0 aliphatic heterocycles. The molecule has 25 heavy (non-hydrogen) atoms.